The summed E-state index contributed by atoms with van der Waals surface area (Å²) in [5.74, 6) is 1.34. The quantitative estimate of drug-likeness (QED) is 0.514. The maximum Gasteiger partial charge on any atom is 0.250 e. The van der Waals surface area contributed by atoms with E-state index < -0.39 is 5.91 Å². The van der Waals surface area contributed by atoms with E-state index in [1.165, 1.54) is 4.88 Å². The molecule has 5 rings (SSSR count). The molecule has 0 fully saturated rings. The van der Waals surface area contributed by atoms with Crippen molar-refractivity contribution in [2.24, 2.45) is 5.73 Å². The van der Waals surface area contributed by atoms with Crippen molar-refractivity contribution in [3.8, 4) is 11.6 Å². The molecule has 0 radical (unpaired) electrons. The third-order valence-corrected chi connectivity index (χ3v) is 5.96. The van der Waals surface area contributed by atoms with E-state index in [0.717, 1.165) is 29.9 Å². The average molecular weight is 420 g/mol. The van der Waals surface area contributed by atoms with Crippen LogP contribution in [0.3, 0.4) is 0 Å². The number of pyridine rings is 1. The molecule has 0 bridgehead atoms. The Kier molecular flexibility index (Phi) is 4.89. The van der Waals surface area contributed by atoms with Crippen LogP contribution in [-0.2, 0) is 24.3 Å². The highest BCUT2D eigenvalue weighted by molar-refractivity contribution is 7.09. The summed E-state index contributed by atoms with van der Waals surface area (Å²) in [6, 6.07) is 7.57. The van der Waals surface area contributed by atoms with Crippen LogP contribution in [0.25, 0.3) is 17.2 Å². The number of imidazole rings is 1. The fourth-order valence-electron chi connectivity index (χ4n) is 3.63. The first kappa shape index (κ1) is 18.7. The van der Waals surface area contributed by atoms with Gasteiger partial charge in [0.2, 0.25) is 0 Å². The van der Waals surface area contributed by atoms with Gasteiger partial charge >= 0.3 is 0 Å². The number of nitrogens with two attached hydrogens (primary N) is 1. The molecule has 1 aliphatic rings. The van der Waals surface area contributed by atoms with Gasteiger partial charge in [0.25, 0.3) is 5.91 Å². The molecule has 0 aliphatic carbocycles. The summed E-state index contributed by atoms with van der Waals surface area (Å²) >= 11 is 1.69. The summed E-state index contributed by atoms with van der Waals surface area (Å²) in [7, 11) is 0. The summed E-state index contributed by atoms with van der Waals surface area (Å²) < 4.78 is 7.56. The predicted molar refractivity (Wildman–Crippen MR) is 114 cm³/mol. The lowest BCUT2D eigenvalue weighted by Crippen LogP contribution is -2.12. The molecule has 0 saturated carbocycles. The molecule has 4 aromatic rings. The van der Waals surface area contributed by atoms with Crippen molar-refractivity contribution in [3.05, 3.63) is 63.7 Å². The summed E-state index contributed by atoms with van der Waals surface area (Å²) in [5, 5.41) is 5.51. The lowest BCUT2D eigenvalue weighted by Gasteiger charge is -2.14. The third kappa shape index (κ3) is 3.42. The lowest BCUT2D eigenvalue weighted by molar-refractivity contribution is 0.100. The Labute approximate surface area is 176 Å². The molecule has 0 saturated heterocycles. The lowest BCUT2D eigenvalue weighted by atomic mass is 10.1. The molecule has 0 atom stereocenters. The second-order valence-corrected chi connectivity index (χ2v) is 8.07. The number of rotatable bonds is 5. The highest BCUT2D eigenvalue weighted by Gasteiger charge is 2.21. The number of carbonyl (C=O) groups excluding carboxylic acids is 1. The van der Waals surface area contributed by atoms with Crippen LogP contribution in [0.15, 0.2) is 42.0 Å². The van der Waals surface area contributed by atoms with E-state index in [2.05, 4.69) is 21.7 Å². The molecule has 152 valence electrons. The van der Waals surface area contributed by atoms with Crippen LogP contribution < -0.4 is 11.1 Å². The molecule has 4 aromatic heterocycles. The monoisotopic (exact) mass is 420 g/mol. The van der Waals surface area contributed by atoms with Crippen molar-refractivity contribution in [2.75, 3.05) is 11.9 Å². The van der Waals surface area contributed by atoms with E-state index in [1.54, 1.807) is 34.1 Å². The molecule has 1 aliphatic heterocycles. The van der Waals surface area contributed by atoms with E-state index in [1.807, 2.05) is 12.3 Å². The number of anilines is 1. The topological polar surface area (TPSA) is 107 Å². The number of hydrogen-bond donors (Lipinski definition) is 2. The Bertz CT molecular complexity index is 1220. The Morgan fingerprint density at radius 2 is 2.23 bits per heavy atom. The maximum atomic E-state index is 11.8. The summed E-state index contributed by atoms with van der Waals surface area (Å²) in [6.45, 7) is 1.86. The number of aromatic nitrogens is 4. The minimum atomic E-state index is -0.495. The van der Waals surface area contributed by atoms with Crippen molar-refractivity contribution in [3.63, 3.8) is 0 Å². The Hall–Kier alpha value is -3.30. The molecule has 0 spiro atoms. The minimum absolute atomic E-state index is 0.412. The molecule has 5 heterocycles. The zero-order valence-electron chi connectivity index (χ0n) is 16.2. The summed E-state index contributed by atoms with van der Waals surface area (Å²) in [5.41, 5.74) is 8.52. The molecule has 3 N–H and O–H groups in total. The number of carbonyl (C=O) groups is 1. The zero-order valence-corrected chi connectivity index (χ0v) is 17.0. The normalized spacial score (nSPS) is 13.7. The summed E-state index contributed by atoms with van der Waals surface area (Å²) in [6.07, 6.45) is 5.18. The van der Waals surface area contributed by atoms with Gasteiger partial charge in [-0.05, 0) is 36.4 Å². The van der Waals surface area contributed by atoms with Crippen LogP contribution in [0.2, 0.25) is 0 Å². The average Bonchev–Trinajstić information content (AvgIpc) is 3.36. The molecular formula is C21H20N6O2S. The highest BCUT2D eigenvalue weighted by Crippen LogP contribution is 2.27. The first-order valence-electron chi connectivity index (χ1n) is 9.71. The standard InChI is InChI=1S/C21H20N6O2S/c22-18(28)14-5-1-7-27-17(14)11-24-21(27)20-25-16-6-2-8-29-12-15(16)19(26-20)23-10-13-4-3-9-30-13/h1,3-5,7,9,11H,2,6,8,10,12H2,(H2,22,28)(H,23,25,26). The number of nitrogens with one attached hydrogen (secondary N) is 1. The number of aryl methyl sites for hydroxylation is 1. The van der Waals surface area contributed by atoms with Crippen LogP contribution in [-0.4, -0.2) is 31.9 Å². The predicted octanol–water partition coefficient (Wildman–Crippen LogP) is 3.03. The SMILES string of the molecule is NC(=O)c1cccn2c(-c3nc4c(c(NCc5cccs5)n3)COCCC4)ncc12. The van der Waals surface area contributed by atoms with E-state index in [0.29, 0.717) is 42.5 Å². The number of nitrogens with zero attached hydrogens (tertiary/aromatic N) is 4. The van der Waals surface area contributed by atoms with Crippen LogP contribution in [0.5, 0.6) is 0 Å². The number of primary amides is 1. The van der Waals surface area contributed by atoms with Crippen LogP contribution in [0, 0.1) is 0 Å². The first-order chi connectivity index (χ1) is 14.7. The summed E-state index contributed by atoms with van der Waals surface area (Å²) in [4.78, 5) is 27.1. The van der Waals surface area contributed by atoms with E-state index >= 15 is 0 Å². The molecule has 30 heavy (non-hydrogen) atoms. The van der Waals surface area contributed by atoms with E-state index in [-0.39, 0.29) is 0 Å². The van der Waals surface area contributed by atoms with Gasteiger partial charge in [-0.3, -0.25) is 9.20 Å². The maximum absolute atomic E-state index is 11.8. The largest absolute Gasteiger partial charge is 0.377 e. The number of thiophene rings is 1. The Morgan fingerprint density at radius 1 is 1.30 bits per heavy atom. The van der Waals surface area contributed by atoms with Crippen LogP contribution in [0.1, 0.15) is 32.9 Å². The van der Waals surface area contributed by atoms with Crippen LogP contribution >= 0.6 is 11.3 Å². The van der Waals surface area contributed by atoms with Crippen molar-refractivity contribution < 1.29 is 9.53 Å². The molecule has 9 heteroatoms. The van der Waals surface area contributed by atoms with Gasteiger partial charge in [0.1, 0.15) is 5.82 Å². The highest BCUT2D eigenvalue weighted by atomic mass is 32.1. The van der Waals surface area contributed by atoms with E-state index in [9.17, 15) is 4.79 Å². The first-order valence-corrected chi connectivity index (χ1v) is 10.6. The molecular weight excluding hydrogens is 400 g/mol. The van der Waals surface area contributed by atoms with Crippen molar-refractivity contribution in [1.82, 2.24) is 19.4 Å². The van der Waals surface area contributed by atoms with Crippen molar-refractivity contribution in [2.45, 2.75) is 26.0 Å². The van der Waals surface area contributed by atoms with Gasteiger partial charge < -0.3 is 15.8 Å². The third-order valence-electron chi connectivity index (χ3n) is 5.09. The van der Waals surface area contributed by atoms with Gasteiger partial charge in [0, 0.05) is 23.2 Å². The van der Waals surface area contributed by atoms with Gasteiger partial charge in [-0.25, -0.2) is 15.0 Å². The fraction of sp³-hybridized carbons (Fsp3) is 0.238. The fourth-order valence-corrected chi connectivity index (χ4v) is 4.28. The van der Waals surface area contributed by atoms with Crippen LogP contribution in [0.4, 0.5) is 5.82 Å². The zero-order chi connectivity index (χ0) is 20.5. The second kappa shape index (κ2) is 7.85. The second-order valence-electron chi connectivity index (χ2n) is 7.03. The Balaban J connectivity index is 1.61. The minimum Gasteiger partial charge on any atom is -0.377 e. The Morgan fingerprint density at radius 3 is 3.07 bits per heavy atom. The molecule has 0 aromatic carbocycles. The van der Waals surface area contributed by atoms with Gasteiger partial charge in [-0.2, -0.15) is 0 Å². The van der Waals surface area contributed by atoms with Gasteiger partial charge in [0.15, 0.2) is 11.6 Å². The number of ether oxygens (including phenoxy) is 1. The molecule has 0 unspecified atom stereocenters. The molecule has 8 nitrogen and oxygen atoms in total. The van der Waals surface area contributed by atoms with E-state index in [4.69, 9.17) is 20.4 Å². The number of hydrogen-bond acceptors (Lipinski definition) is 7. The number of amides is 1. The van der Waals surface area contributed by atoms with Gasteiger partial charge in [-0.1, -0.05) is 6.07 Å². The van der Waals surface area contributed by atoms with Gasteiger partial charge in [-0.15, -0.1) is 11.3 Å². The number of fused-ring (bicyclic) bond motifs is 2. The molecule has 1 amide bonds. The van der Waals surface area contributed by atoms with Gasteiger partial charge in [0.05, 0.1) is 36.1 Å². The van der Waals surface area contributed by atoms with Crippen molar-refractivity contribution >= 4 is 28.6 Å². The van der Waals surface area contributed by atoms with Crippen molar-refractivity contribution in [1.29, 1.82) is 0 Å². The smallest absolute Gasteiger partial charge is 0.250 e.